The molecule has 0 atom stereocenters. The smallest absolute Gasteiger partial charge is 0.338 e. The fraction of sp³-hybridized carbons (Fsp3) is 0.400. The van der Waals surface area contributed by atoms with E-state index in [2.05, 4.69) is 0 Å². The first-order valence-electron chi connectivity index (χ1n) is 8.60. The summed E-state index contributed by atoms with van der Waals surface area (Å²) in [5.74, 6) is 0.199. The van der Waals surface area contributed by atoms with Crippen LogP contribution in [0.25, 0.3) is 0 Å². The molecule has 1 aromatic heterocycles. The average molecular weight is 359 g/mol. The summed E-state index contributed by atoms with van der Waals surface area (Å²) in [5, 5.41) is 0. The first kappa shape index (κ1) is 19.6. The molecule has 0 fully saturated rings. The third kappa shape index (κ3) is 4.07. The third-order valence-electron chi connectivity index (χ3n) is 4.22. The Kier molecular flexibility index (Phi) is 6.44. The number of Topliss-reactive ketones (excluding diaryl/α,β-unsaturated/α-hetero) is 1. The quantitative estimate of drug-likeness (QED) is 0.532. The Balaban J connectivity index is 2.09. The highest BCUT2D eigenvalue weighted by Gasteiger charge is 2.18. The van der Waals surface area contributed by atoms with Crippen molar-refractivity contribution in [2.24, 2.45) is 0 Å². The second kappa shape index (κ2) is 8.56. The van der Waals surface area contributed by atoms with Gasteiger partial charge in [-0.05, 0) is 52.0 Å². The number of rotatable bonds is 8. The predicted octanol–water partition coefficient (Wildman–Crippen LogP) is 3.57. The van der Waals surface area contributed by atoms with Gasteiger partial charge in [0.15, 0.2) is 18.1 Å². The molecule has 0 aliphatic heterocycles. The number of ketones is 1. The van der Waals surface area contributed by atoms with Gasteiger partial charge in [0.1, 0.15) is 0 Å². The highest BCUT2D eigenvalue weighted by atomic mass is 16.5. The van der Waals surface area contributed by atoms with Gasteiger partial charge in [0, 0.05) is 23.5 Å². The minimum Gasteiger partial charge on any atom is -0.493 e. The van der Waals surface area contributed by atoms with Gasteiger partial charge in [-0.15, -0.1) is 0 Å². The van der Waals surface area contributed by atoms with Crippen LogP contribution < -0.4 is 9.47 Å². The van der Waals surface area contributed by atoms with Crippen molar-refractivity contribution in [1.29, 1.82) is 0 Å². The number of ether oxygens (including phenoxy) is 3. The van der Waals surface area contributed by atoms with E-state index in [0.29, 0.717) is 29.2 Å². The second-order valence-corrected chi connectivity index (χ2v) is 5.83. The summed E-state index contributed by atoms with van der Waals surface area (Å²) in [5.41, 5.74) is 2.79. The molecular weight excluding hydrogens is 334 g/mol. The van der Waals surface area contributed by atoms with Crippen molar-refractivity contribution in [1.82, 2.24) is 4.57 Å². The van der Waals surface area contributed by atoms with Crippen LogP contribution >= 0.6 is 0 Å². The van der Waals surface area contributed by atoms with Crippen molar-refractivity contribution in [3.05, 3.63) is 46.8 Å². The Morgan fingerprint density at radius 2 is 1.81 bits per heavy atom. The van der Waals surface area contributed by atoms with Crippen LogP contribution in [-0.2, 0) is 11.3 Å². The molecule has 0 bridgehead atoms. The van der Waals surface area contributed by atoms with Crippen molar-refractivity contribution in [2.45, 2.75) is 34.2 Å². The van der Waals surface area contributed by atoms with Crippen LogP contribution in [-0.4, -0.2) is 36.6 Å². The van der Waals surface area contributed by atoms with E-state index >= 15 is 0 Å². The average Bonchev–Trinajstić information content (AvgIpc) is 2.93. The van der Waals surface area contributed by atoms with Crippen LogP contribution in [0.15, 0.2) is 24.3 Å². The van der Waals surface area contributed by atoms with Crippen LogP contribution in [0.1, 0.15) is 46.0 Å². The maximum Gasteiger partial charge on any atom is 0.338 e. The van der Waals surface area contributed by atoms with Crippen molar-refractivity contribution in [3.63, 3.8) is 0 Å². The Labute approximate surface area is 153 Å². The first-order chi connectivity index (χ1) is 12.4. The standard InChI is InChI=1S/C20H25NO5/c1-6-21-13(3)10-16(14(21)4)17(22)12-26-20(23)15-8-9-18(24-5)19(11-15)25-7-2/h8-11H,6-7,12H2,1-5H3. The lowest BCUT2D eigenvalue weighted by Gasteiger charge is -2.11. The molecule has 0 N–H and O–H groups in total. The third-order valence-corrected chi connectivity index (χ3v) is 4.22. The van der Waals surface area contributed by atoms with E-state index in [0.717, 1.165) is 17.9 Å². The van der Waals surface area contributed by atoms with Crippen molar-refractivity contribution < 1.29 is 23.8 Å². The topological polar surface area (TPSA) is 66.8 Å². The van der Waals surface area contributed by atoms with E-state index in [1.807, 2.05) is 38.3 Å². The van der Waals surface area contributed by atoms with Crippen LogP contribution in [0.3, 0.4) is 0 Å². The molecule has 0 saturated carbocycles. The zero-order valence-electron chi connectivity index (χ0n) is 15.9. The van der Waals surface area contributed by atoms with Crippen LogP contribution in [0.2, 0.25) is 0 Å². The van der Waals surface area contributed by atoms with Gasteiger partial charge in [0.05, 0.1) is 19.3 Å². The summed E-state index contributed by atoms with van der Waals surface area (Å²) >= 11 is 0. The zero-order valence-corrected chi connectivity index (χ0v) is 15.9. The summed E-state index contributed by atoms with van der Waals surface area (Å²) in [6, 6.07) is 6.60. The van der Waals surface area contributed by atoms with E-state index in [1.165, 1.54) is 7.11 Å². The number of aromatic nitrogens is 1. The Morgan fingerprint density at radius 3 is 2.38 bits per heavy atom. The molecule has 6 nitrogen and oxygen atoms in total. The molecule has 0 unspecified atom stereocenters. The Bertz CT molecular complexity index is 807. The van der Waals surface area contributed by atoms with Gasteiger partial charge in [-0.25, -0.2) is 4.79 Å². The van der Waals surface area contributed by atoms with Crippen LogP contribution in [0.4, 0.5) is 0 Å². The molecule has 0 saturated heterocycles. The Hall–Kier alpha value is -2.76. The molecule has 1 aromatic carbocycles. The number of nitrogens with zero attached hydrogens (tertiary/aromatic N) is 1. The summed E-state index contributed by atoms with van der Waals surface area (Å²) in [4.78, 5) is 24.7. The number of hydrogen-bond donors (Lipinski definition) is 0. The second-order valence-electron chi connectivity index (χ2n) is 5.83. The lowest BCUT2D eigenvalue weighted by molar-refractivity contribution is 0.0474. The lowest BCUT2D eigenvalue weighted by atomic mass is 10.1. The SMILES string of the molecule is CCOc1cc(C(=O)OCC(=O)c2cc(C)n(CC)c2C)ccc1OC. The normalized spacial score (nSPS) is 10.5. The minimum absolute atomic E-state index is 0.218. The molecular formula is C20H25NO5. The highest BCUT2D eigenvalue weighted by Crippen LogP contribution is 2.28. The molecule has 26 heavy (non-hydrogen) atoms. The van der Waals surface area contributed by atoms with E-state index in [1.54, 1.807) is 18.2 Å². The molecule has 140 valence electrons. The van der Waals surface area contributed by atoms with Gasteiger partial charge < -0.3 is 18.8 Å². The molecule has 2 rings (SSSR count). The van der Waals surface area contributed by atoms with Gasteiger partial charge in [-0.2, -0.15) is 0 Å². The molecule has 0 aliphatic carbocycles. The molecule has 0 radical (unpaired) electrons. The van der Waals surface area contributed by atoms with Gasteiger partial charge in [0.2, 0.25) is 5.78 Å². The molecule has 6 heteroatoms. The van der Waals surface area contributed by atoms with Crippen LogP contribution in [0.5, 0.6) is 11.5 Å². The number of methoxy groups -OCH3 is 1. The van der Waals surface area contributed by atoms with Gasteiger partial charge in [0.25, 0.3) is 0 Å². The molecule has 0 spiro atoms. The van der Waals surface area contributed by atoms with E-state index in [9.17, 15) is 9.59 Å². The van der Waals surface area contributed by atoms with Gasteiger partial charge in [-0.1, -0.05) is 0 Å². The summed E-state index contributed by atoms with van der Waals surface area (Å²) in [7, 11) is 1.53. The number of hydrogen-bond acceptors (Lipinski definition) is 5. The van der Waals surface area contributed by atoms with E-state index in [4.69, 9.17) is 14.2 Å². The van der Waals surface area contributed by atoms with Crippen molar-refractivity contribution in [3.8, 4) is 11.5 Å². The maximum atomic E-state index is 12.4. The molecule has 2 aromatic rings. The number of carbonyl (C=O) groups is 2. The van der Waals surface area contributed by atoms with E-state index in [-0.39, 0.29) is 12.4 Å². The minimum atomic E-state index is -0.578. The summed E-state index contributed by atoms with van der Waals surface area (Å²) in [6.07, 6.45) is 0. The van der Waals surface area contributed by atoms with E-state index < -0.39 is 5.97 Å². The summed E-state index contributed by atoms with van der Waals surface area (Å²) < 4.78 is 17.9. The maximum absolute atomic E-state index is 12.4. The number of aryl methyl sites for hydroxylation is 1. The predicted molar refractivity (Wildman–Crippen MR) is 98.4 cm³/mol. The van der Waals surface area contributed by atoms with Crippen LogP contribution in [0, 0.1) is 13.8 Å². The van der Waals surface area contributed by atoms with Crippen molar-refractivity contribution in [2.75, 3.05) is 20.3 Å². The fourth-order valence-electron chi connectivity index (χ4n) is 2.93. The number of carbonyl (C=O) groups excluding carboxylic acids is 2. The monoisotopic (exact) mass is 359 g/mol. The lowest BCUT2D eigenvalue weighted by Crippen LogP contribution is -2.15. The van der Waals surface area contributed by atoms with Crippen molar-refractivity contribution >= 4 is 11.8 Å². The fourth-order valence-corrected chi connectivity index (χ4v) is 2.93. The zero-order chi connectivity index (χ0) is 19.3. The molecule has 0 amide bonds. The highest BCUT2D eigenvalue weighted by molar-refractivity contribution is 6.00. The van der Waals surface area contributed by atoms with Gasteiger partial charge >= 0.3 is 5.97 Å². The molecule has 1 heterocycles. The number of esters is 1. The first-order valence-corrected chi connectivity index (χ1v) is 8.60. The number of benzene rings is 1. The Morgan fingerprint density at radius 1 is 1.08 bits per heavy atom. The van der Waals surface area contributed by atoms with Gasteiger partial charge in [-0.3, -0.25) is 4.79 Å². The largest absolute Gasteiger partial charge is 0.493 e. The molecule has 0 aliphatic rings. The summed E-state index contributed by atoms with van der Waals surface area (Å²) in [6.45, 7) is 8.64.